The molecular formula is C16H33N. The Bertz CT molecular complexity index is 198. The van der Waals surface area contributed by atoms with Gasteiger partial charge in [0, 0.05) is 6.04 Å². The average Bonchev–Trinajstić information content (AvgIpc) is 2.28. The van der Waals surface area contributed by atoms with Crippen LogP contribution in [0.5, 0.6) is 0 Å². The fourth-order valence-electron chi connectivity index (χ4n) is 3.76. The molecule has 102 valence electrons. The van der Waals surface area contributed by atoms with Gasteiger partial charge in [0.25, 0.3) is 0 Å². The summed E-state index contributed by atoms with van der Waals surface area (Å²) < 4.78 is 0. The van der Waals surface area contributed by atoms with E-state index in [1.165, 1.54) is 38.5 Å². The molecule has 0 spiro atoms. The number of hydrogen-bond acceptors (Lipinski definition) is 1. The van der Waals surface area contributed by atoms with Crippen LogP contribution in [0.2, 0.25) is 0 Å². The second-order valence-corrected chi connectivity index (χ2v) is 6.87. The van der Waals surface area contributed by atoms with Crippen molar-refractivity contribution in [3.63, 3.8) is 0 Å². The normalized spacial score (nSPS) is 28.1. The molecule has 1 aliphatic carbocycles. The van der Waals surface area contributed by atoms with Gasteiger partial charge >= 0.3 is 0 Å². The maximum absolute atomic E-state index is 3.76. The lowest BCUT2D eigenvalue weighted by Gasteiger charge is -2.44. The molecule has 3 unspecified atom stereocenters. The maximum atomic E-state index is 3.76. The largest absolute Gasteiger partial charge is 0.314 e. The van der Waals surface area contributed by atoms with Gasteiger partial charge in [0.05, 0.1) is 0 Å². The number of rotatable bonds is 5. The van der Waals surface area contributed by atoms with E-state index in [9.17, 15) is 0 Å². The Balaban J connectivity index is 2.73. The minimum atomic E-state index is 0.479. The smallest absolute Gasteiger partial charge is 0.00979 e. The van der Waals surface area contributed by atoms with Crippen LogP contribution in [0.1, 0.15) is 73.1 Å². The van der Waals surface area contributed by atoms with E-state index >= 15 is 0 Å². The molecule has 1 aliphatic rings. The summed E-state index contributed by atoms with van der Waals surface area (Å²) in [6, 6.07) is 0.759. The third kappa shape index (κ3) is 4.28. The molecule has 0 aromatic heterocycles. The van der Waals surface area contributed by atoms with Crippen molar-refractivity contribution >= 4 is 0 Å². The molecular weight excluding hydrogens is 206 g/mol. The van der Waals surface area contributed by atoms with Crippen LogP contribution in [0, 0.1) is 17.3 Å². The van der Waals surface area contributed by atoms with Crippen molar-refractivity contribution in [2.24, 2.45) is 17.3 Å². The first kappa shape index (κ1) is 15.0. The zero-order chi connectivity index (χ0) is 12.9. The molecule has 1 fully saturated rings. The van der Waals surface area contributed by atoms with Crippen LogP contribution in [0.4, 0.5) is 0 Å². The van der Waals surface area contributed by atoms with E-state index in [-0.39, 0.29) is 0 Å². The standard InChI is InChI=1S/C16H33N/c1-6-10-15(17-7-2)13-11-8-9-12-14(13)16(3,4)5/h13-15,17H,6-12H2,1-5H3. The molecule has 0 aromatic rings. The first-order valence-corrected chi connectivity index (χ1v) is 7.74. The van der Waals surface area contributed by atoms with Gasteiger partial charge in [0.15, 0.2) is 0 Å². The summed E-state index contributed by atoms with van der Waals surface area (Å²) in [5, 5.41) is 3.76. The van der Waals surface area contributed by atoms with Gasteiger partial charge in [-0.3, -0.25) is 0 Å². The summed E-state index contributed by atoms with van der Waals surface area (Å²) in [5.74, 6) is 1.82. The highest BCUT2D eigenvalue weighted by Crippen LogP contribution is 2.43. The summed E-state index contributed by atoms with van der Waals surface area (Å²) in [4.78, 5) is 0. The molecule has 3 atom stereocenters. The molecule has 0 amide bonds. The molecule has 1 saturated carbocycles. The summed E-state index contributed by atoms with van der Waals surface area (Å²) in [7, 11) is 0. The van der Waals surface area contributed by atoms with E-state index in [4.69, 9.17) is 0 Å². The minimum Gasteiger partial charge on any atom is -0.314 e. The van der Waals surface area contributed by atoms with Crippen LogP contribution in [0.15, 0.2) is 0 Å². The van der Waals surface area contributed by atoms with Gasteiger partial charge in [-0.15, -0.1) is 0 Å². The Labute approximate surface area is 109 Å². The molecule has 0 radical (unpaired) electrons. The van der Waals surface area contributed by atoms with Crippen LogP contribution in [0.25, 0.3) is 0 Å². The molecule has 0 heterocycles. The Hall–Kier alpha value is -0.0400. The van der Waals surface area contributed by atoms with Crippen molar-refractivity contribution in [1.82, 2.24) is 5.32 Å². The highest BCUT2D eigenvalue weighted by molar-refractivity contribution is 4.90. The van der Waals surface area contributed by atoms with Crippen LogP contribution >= 0.6 is 0 Å². The molecule has 0 aliphatic heterocycles. The molecule has 0 bridgehead atoms. The molecule has 17 heavy (non-hydrogen) atoms. The van der Waals surface area contributed by atoms with Crippen molar-refractivity contribution in [3.05, 3.63) is 0 Å². The van der Waals surface area contributed by atoms with Crippen molar-refractivity contribution in [3.8, 4) is 0 Å². The molecule has 1 N–H and O–H groups in total. The third-order valence-corrected chi connectivity index (χ3v) is 4.51. The van der Waals surface area contributed by atoms with E-state index in [1.54, 1.807) is 0 Å². The summed E-state index contributed by atoms with van der Waals surface area (Å²) in [5.41, 5.74) is 0.479. The van der Waals surface area contributed by atoms with E-state index in [2.05, 4.69) is 39.9 Å². The quantitative estimate of drug-likeness (QED) is 0.738. The van der Waals surface area contributed by atoms with Crippen LogP contribution in [0.3, 0.4) is 0 Å². The summed E-state index contributed by atoms with van der Waals surface area (Å²) in [6.07, 6.45) is 8.45. The molecule has 0 saturated heterocycles. The highest BCUT2D eigenvalue weighted by Gasteiger charge is 2.37. The fourth-order valence-corrected chi connectivity index (χ4v) is 3.76. The molecule has 1 nitrogen and oxygen atoms in total. The van der Waals surface area contributed by atoms with Crippen LogP contribution < -0.4 is 5.32 Å². The second-order valence-electron chi connectivity index (χ2n) is 6.87. The van der Waals surface area contributed by atoms with Crippen LogP contribution in [-0.4, -0.2) is 12.6 Å². The van der Waals surface area contributed by atoms with E-state index in [0.29, 0.717) is 5.41 Å². The number of hydrogen-bond donors (Lipinski definition) is 1. The topological polar surface area (TPSA) is 12.0 Å². The van der Waals surface area contributed by atoms with Gasteiger partial charge < -0.3 is 5.32 Å². The van der Waals surface area contributed by atoms with Gasteiger partial charge in [-0.25, -0.2) is 0 Å². The molecule has 0 aromatic carbocycles. The molecule has 1 rings (SSSR count). The Kier molecular flexibility index (Phi) is 5.99. The first-order chi connectivity index (χ1) is 8.00. The van der Waals surface area contributed by atoms with Gasteiger partial charge in [0.2, 0.25) is 0 Å². The zero-order valence-electron chi connectivity index (χ0n) is 12.7. The van der Waals surface area contributed by atoms with Gasteiger partial charge in [-0.2, -0.15) is 0 Å². The third-order valence-electron chi connectivity index (χ3n) is 4.51. The van der Waals surface area contributed by atoms with Crippen LogP contribution in [-0.2, 0) is 0 Å². The Morgan fingerprint density at radius 3 is 2.29 bits per heavy atom. The predicted octanol–water partition coefficient (Wildman–Crippen LogP) is 4.62. The Morgan fingerprint density at radius 1 is 1.12 bits per heavy atom. The minimum absolute atomic E-state index is 0.479. The van der Waals surface area contributed by atoms with E-state index in [0.717, 1.165) is 24.4 Å². The summed E-state index contributed by atoms with van der Waals surface area (Å²) >= 11 is 0. The molecule has 1 heteroatoms. The fraction of sp³-hybridized carbons (Fsp3) is 1.00. The summed E-state index contributed by atoms with van der Waals surface area (Å²) in [6.45, 7) is 13.0. The second kappa shape index (κ2) is 6.78. The Morgan fingerprint density at radius 2 is 1.76 bits per heavy atom. The van der Waals surface area contributed by atoms with Crippen molar-refractivity contribution in [2.75, 3.05) is 6.54 Å². The maximum Gasteiger partial charge on any atom is 0.00979 e. The predicted molar refractivity (Wildman–Crippen MR) is 77.3 cm³/mol. The lowest BCUT2D eigenvalue weighted by Crippen LogP contribution is -2.44. The highest BCUT2D eigenvalue weighted by atomic mass is 14.9. The lowest BCUT2D eigenvalue weighted by atomic mass is 9.63. The van der Waals surface area contributed by atoms with Gasteiger partial charge in [-0.1, -0.05) is 53.9 Å². The van der Waals surface area contributed by atoms with Crippen molar-refractivity contribution < 1.29 is 0 Å². The zero-order valence-corrected chi connectivity index (χ0v) is 12.7. The first-order valence-electron chi connectivity index (χ1n) is 7.74. The van der Waals surface area contributed by atoms with Crippen molar-refractivity contribution in [1.29, 1.82) is 0 Å². The number of nitrogens with one attached hydrogen (secondary N) is 1. The van der Waals surface area contributed by atoms with E-state index in [1.807, 2.05) is 0 Å². The lowest BCUT2D eigenvalue weighted by molar-refractivity contribution is 0.0769. The van der Waals surface area contributed by atoms with E-state index < -0.39 is 0 Å². The van der Waals surface area contributed by atoms with Crippen molar-refractivity contribution in [2.45, 2.75) is 79.2 Å². The SMILES string of the molecule is CCCC(NCC)C1CCCCC1C(C)(C)C. The monoisotopic (exact) mass is 239 g/mol. The van der Waals surface area contributed by atoms with Gasteiger partial charge in [0.1, 0.15) is 0 Å². The average molecular weight is 239 g/mol. The van der Waals surface area contributed by atoms with Gasteiger partial charge in [-0.05, 0) is 43.1 Å².